The molecule has 0 aliphatic rings. The van der Waals surface area contributed by atoms with Crippen molar-refractivity contribution in [1.29, 1.82) is 0 Å². The molecular formula is C9H6F3NOS2. The number of alkyl halides is 3. The summed E-state index contributed by atoms with van der Waals surface area (Å²) >= 11 is 1.06. The van der Waals surface area contributed by atoms with Crippen molar-refractivity contribution in [2.75, 3.05) is 6.26 Å². The van der Waals surface area contributed by atoms with E-state index in [1.807, 2.05) is 0 Å². The molecule has 0 saturated heterocycles. The van der Waals surface area contributed by atoms with Crippen molar-refractivity contribution < 1.29 is 17.6 Å². The van der Waals surface area contributed by atoms with Gasteiger partial charge >= 0.3 is 5.51 Å². The molecule has 0 N–H and O–H groups in total. The molecule has 0 aliphatic carbocycles. The maximum atomic E-state index is 12.3. The van der Waals surface area contributed by atoms with Crippen LogP contribution in [-0.2, 0) is 0 Å². The van der Waals surface area contributed by atoms with Gasteiger partial charge in [-0.25, -0.2) is 4.98 Å². The SMILES string of the molecule is CSc1nc2cccc(SC(F)(F)F)c2o1. The first-order valence-electron chi connectivity index (χ1n) is 4.19. The highest BCUT2D eigenvalue weighted by Crippen LogP contribution is 2.40. The summed E-state index contributed by atoms with van der Waals surface area (Å²) in [5.41, 5.74) is -3.69. The van der Waals surface area contributed by atoms with Crippen LogP contribution in [0.2, 0.25) is 0 Å². The van der Waals surface area contributed by atoms with Gasteiger partial charge in [0.2, 0.25) is 0 Å². The minimum absolute atomic E-state index is 0.0396. The number of thioether (sulfide) groups is 2. The molecule has 0 radical (unpaired) electrons. The smallest absolute Gasteiger partial charge is 0.430 e. The Morgan fingerprint density at radius 3 is 2.69 bits per heavy atom. The van der Waals surface area contributed by atoms with Gasteiger partial charge in [-0.1, -0.05) is 17.8 Å². The number of hydrogen-bond donors (Lipinski definition) is 0. The molecule has 16 heavy (non-hydrogen) atoms. The molecule has 1 aromatic carbocycles. The Morgan fingerprint density at radius 1 is 1.31 bits per heavy atom. The van der Waals surface area contributed by atoms with E-state index in [0.29, 0.717) is 10.7 Å². The van der Waals surface area contributed by atoms with Crippen molar-refractivity contribution in [1.82, 2.24) is 4.98 Å². The normalized spacial score (nSPS) is 12.2. The summed E-state index contributed by atoms with van der Waals surface area (Å²) in [5.74, 6) is 0. The first-order chi connectivity index (χ1) is 7.49. The maximum Gasteiger partial charge on any atom is 0.446 e. The number of rotatable bonds is 2. The van der Waals surface area contributed by atoms with Crippen LogP contribution >= 0.6 is 23.5 Å². The second-order valence-electron chi connectivity index (χ2n) is 2.84. The fraction of sp³-hybridized carbons (Fsp3) is 0.222. The molecular weight excluding hydrogens is 259 g/mol. The second-order valence-corrected chi connectivity index (χ2v) is 4.70. The summed E-state index contributed by atoms with van der Waals surface area (Å²) in [5, 5.41) is 0.366. The van der Waals surface area contributed by atoms with Crippen LogP contribution in [0, 0.1) is 0 Å². The minimum atomic E-state index is -4.32. The molecule has 2 rings (SSSR count). The van der Waals surface area contributed by atoms with Crippen molar-refractivity contribution in [3.8, 4) is 0 Å². The standard InChI is InChI=1S/C9H6F3NOS2/c1-15-8-13-5-3-2-4-6(7(5)14-8)16-9(10,11)12/h2-4H,1H3. The van der Waals surface area contributed by atoms with Crippen LogP contribution in [0.15, 0.2) is 32.7 Å². The number of nitrogens with zero attached hydrogens (tertiary/aromatic N) is 1. The largest absolute Gasteiger partial charge is 0.446 e. The molecule has 0 unspecified atom stereocenters. The zero-order valence-corrected chi connectivity index (χ0v) is 9.67. The summed E-state index contributed by atoms with van der Waals surface area (Å²) in [4.78, 5) is 4.08. The number of halogens is 3. The molecule has 0 fully saturated rings. The van der Waals surface area contributed by atoms with Crippen molar-refractivity contribution in [2.45, 2.75) is 15.6 Å². The van der Waals surface area contributed by atoms with Crippen LogP contribution in [0.1, 0.15) is 0 Å². The first-order valence-corrected chi connectivity index (χ1v) is 6.23. The van der Waals surface area contributed by atoms with E-state index in [-0.39, 0.29) is 22.2 Å². The number of benzene rings is 1. The lowest BCUT2D eigenvalue weighted by molar-refractivity contribution is -0.0328. The lowest BCUT2D eigenvalue weighted by atomic mass is 10.3. The van der Waals surface area contributed by atoms with Crippen LogP contribution in [0.25, 0.3) is 11.1 Å². The van der Waals surface area contributed by atoms with Gasteiger partial charge in [-0.15, -0.1) is 0 Å². The van der Waals surface area contributed by atoms with E-state index in [1.165, 1.54) is 23.9 Å². The van der Waals surface area contributed by atoms with Crippen LogP contribution in [0.3, 0.4) is 0 Å². The Morgan fingerprint density at radius 2 is 2.06 bits per heavy atom. The maximum absolute atomic E-state index is 12.3. The third-order valence-corrected chi connectivity index (χ3v) is 3.06. The van der Waals surface area contributed by atoms with E-state index in [0.717, 1.165) is 0 Å². The van der Waals surface area contributed by atoms with Crippen molar-refractivity contribution in [2.24, 2.45) is 0 Å². The monoisotopic (exact) mass is 265 g/mol. The molecule has 0 saturated carbocycles. The van der Waals surface area contributed by atoms with Gasteiger partial charge in [-0.2, -0.15) is 13.2 Å². The number of hydrogen-bond acceptors (Lipinski definition) is 4. The highest BCUT2D eigenvalue weighted by molar-refractivity contribution is 8.00. The van der Waals surface area contributed by atoms with Gasteiger partial charge in [-0.3, -0.25) is 0 Å². The molecule has 7 heteroatoms. The van der Waals surface area contributed by atoms with Crippen molar-refractivity contribution in [3.63, 3.8) is 0 Å². The summed E-state index contributed by atoms with van der Waals surface area (Å²) in [6.45, 7) is 0. The molecule has 0 atom stereocenters. The van der Waals surface area contributed by atoms with Crippen LogP contribution in [-0.4, -0.2) is 16.7 Å². The van der Waals surface area contributed by atoms with E-state index in [4.69, 9.17) is 4.42 Å². The summed E-state index contributed by atoms with van der Waals surface area (Å²) < 4.78 is 42.0. The summed E-state index contributed by atoms with van der Waals surface area (Å²) in [6, 6.07) is 4.53. The fourth-order valence-corrected chi connectivity index (χ4v) is 2.19. The Hall–Kier alpha value is -0.820. The van der Waals surface area contributed by atoms with E-state index in [2.05, 4.69) is 4.98 Å². The topological polar surface area (TPSA) is 26.0 Å². The van der Waals surface area contributed by atoms with E-state index < -0.39 is 5.51 Å². The first kappa shape index (κ1) is 11.7. The van der Waals surface area contributed by atoms with Gasteiger partial charge in [0, 0.05) is 0 Å². The molecule has 2 nitrogen and oxygen atoms in total. The third-order valence-electron chi connectivity index (χ3n) is 1.76. The minimum Gasteiger partial charge on any atom is -0.430 e. The van der Waals surface area contributed by atoms with Crippen molar-refractivity contribution in [3.05, 3.63) is 18.2 Å². The van der Waals surface area contributed by atoms with Gasteiger partial charge in [0.25, 0.3) is 5.22 Å². The molecule has 0 amide bonds. The van der Waals surface area contributed by atoms with Crippen LogP contribution < -0.4 is 0 Å². The number of para-hydroxylation sites is 1. The molecule has 2 aromatic rings. The summed E-state index contributed by atoms with van der Waals surface area (Å²) in [6.07, 6.45) is 1.75. The quantitative estimate of drug-likeness (QED) is 0.761. The van der Waals surface area contributed by atoms with E-state index >= 15 is 0 Å². The predicted molar refractivity (Wildman–Crippen MR) is 57.7 cm³/mol. The predicted octanol–water partition coefficient (Wildman–Crippen LogP) is 4.16. The van der Waals surface area contributed by atoms with Gasteiger partial charge in [0.15, 0.2) is 5.58 Å². The lowest BCUT2D eigenvalue weighted by Gasteiger charge is -2.04. The highest BCUT2D eigenvalue weighted by Gasteiger charge is 2.31. The highest BCUT2D eigenvalue weighted by atomic mass is 32.2. The second kappa shape index (κ2) is 4.21. The van der Waals surface area contributed by atoms with Crippen molar-refractivity contribution >= 4 is 34.6 Å². The van der Waals surface area contributed by atoms with Gasteiger partial charge < -0.3 is 4.42 Å². The zero-order valence-electron chi connectivity index (χ0n) is 8.04. The number of fused-ring (bicyclic) bond motifs is 1. The van der Waals surface area contributed by atoms with Gasteiger partial charge in [0.05, 0.1) is 4.90 Å². The third kappa shape index (κ3) is 2.46. The lowest BCUT2D eigenvalue weighted by Crippen LogP contribution is -1.98. The molecule has 86 valence electrons. The number of aromatic nitrogens is 1. The molecule has 1 aromatic heterocycles. The Bertz CT molecular complexity index is 509. The average molecular weight is 265 g/mol. The molecule has 0 bridgehead atoms. The Balaban J connectivity index is 2.48. The molecule has 0 aliphatic heterocycles. The van der Waals surface area contributed by atoms with E-state index in [9.17, 15) is 13.2 Å². The summed E-state index contributed by atoms with van der Waals surface area (Å²) in [7, 11) is 0. The fourth-order valence-electron chi connectivity index (χ4n) is 1.20. The van der Waals surface area contributed by atoms with Gasteiger partial charge in [-0.05, 0) is 30.2 Å². The Labute approximate surface area is 97.6 Å². The van der Waals surface area contributed by atoms with E-state index in [1.54, 1.807) is 12.3 Å². The average Bonchev–Trinajstić information content (AvgIpc) is 2.59. The Kier molecular flexibility index (Phi) is 3.07. The zero-order chi connectivity index (χ0) is 11.8. The van der Waals surface area contributed by atoms with Gasteiger partial charge in [0.1, 0.15) is 5.52 Å². The molecule has 0 spiro atoms. The molecule has 1 heterocycles. The van der Waals surface area contributed by atoms with Crippen LogP contribution in [0.4, 0.5) is 13.2 Å². The van der Waals surface area contributed by atoms with Crippen LogP contribution in [0.5, 0.6) is 0 Å². The number of oxazole rings is 1.